The summed E-state index contributed by atoms with van der Waals surface area (Å²) in [5.41, 5.74) is 0.515. The number of ketones is 1. The average molecular weight is 448 g/mol. The summed E-state index contributed by atoms with van der Waals surface area (Å²) in [4.78, 5) is 12.6. The lowest BCUT2D eigenvalue weighted by molar-refractivity contribution is -0.277. The molecule has 0 bridgehead atoms. The van der Waals surface area contributed by atoms with E-state index in [2.05, 4.69) is 0 Å². The predicted octanol–water partition coefficient (Wildman–Crippen LogP) is 0.181. The van der Waals surface area contributed by atoms with Crippen molar-refractivity contribution in [3.05, 3.63) is 53.6 Å². The molecule has 1 saturated heterocycles. The molecule has 0 saturated carbocycles. The molecule has 1 aliphatic heterocycles. The summed E-state index contributed by atoms with van der Waals surface area (Å²) in [5, 5.41) is 58.8. The third-order valence-electron chi connectivity index (χ3n) is 4.94. The van der Waals surface area contributed by atoms with Gasteiger partial charge in [0, 0.05) is 12.1 Å². The number of phenolic OH excluding ortho intramolecular Hbond substituents is 2. The number of aliphatic hydroxyl groups is 4. The van der Waals surface area contributed by atoms with Crippen molar-refractivity contribution in [1.29, 1.82) is 0 Å². The smallest absolute Gasteiger partial charge is 0.229 e. The Bertz CT molecular complexity index is 969. The Morgan fingerprint density at radius 2 is 1.75 bits per heavy atom. The monoisotopic (exact) mass is 448 g/mol. The van der Waals surface area contributed by atoms with Gasteiger partial charge in [0.05, 0.1) is 13.7 Å². The molecule has 0 spiro atoms. The first-order valence-corrected chi connectivity index (χ1v) is 9.64. The Morgan fingerprint density at radius 3 is 2.38 bits per heavy atom. The van der Waals surface area contributed by atoms with Gasteiger partial charge in [0.15, 0.2) is 5.78 Å². The van der Waals surface area contributed by atoms with Crippen molar-refractivity contribution in [2.45, 2.75) is 30.7 Å². The van der Waals surface area contributed by atoms with Crippen LogP contribution in [0.15, 0.2) is 42.5 Å². The second-order valence-corrected chi connectivity index (χ2v) is 7.12. The van der Waals surface area contributed by atoms with E-state index < -0.39 is 48.8 Å². The fourth-order valence-electron chi connectivity index (χ4n) is 3.19. The van der Waals surface area contributed by atoms with Crippen molar-refractivity contribution >= 4 is 11.9 Å². The summed E-state index contributed by atoms with van der Waals surface area (Å²) < 4.78 is 15.9. The van der Waals surface area contributed by atoms with Crippen LogP contribution in [-0.4, -0.2) is 80.8 Å². The number of benzene rings is 2. The van der Waals surface area contributed by atoms with E-state index in [0.29, 0.717) is 5.56 Å². The first-order chi connectivity index (χ1) is 15.2. The zero-order valence-corrected chi connectivity index (χ0v) is 17.0. The van der Waals surface area contributed by atoms with Gasteiger partial charge in [-0.25, -0.2) is 0 Å². The van der Waals surface area contributed by atoms with Gasteiger partial charge in [0.25, 0.3) is 0 Å². The number of carbonyl (C=O) groups is 1. The molecule has 1 aliphatic rings. The molecule has 32 heavy (non-hydrogen) atoms. The number of allylic oxidation sites excluding steroid dienone is 1. The molecule has 0 aliphatic carbocycles. The van der Waals surface area contributed by atoms with Gasteiger partial charge < -0.3 is 44.8 Å². The third kappa shape index (κ3) is 5.01. The Balaban J connectivity index is 1.81. The summed E-state index contributed by atoms with van der Waals surface area (Å²) in [7, 11) is 1.28. The van der Waals surface area contributed by atoms with Crippen LogP contribution in [0.1, 0.15) is 15.9 Å². The molecule has 0 aromatic heterocycles. The number of hydrogen-bond donors (Lipinski definition) is 6. The van der Waals surface area contributed by atoms with Gasteiger partial charge in [-0.15, -0.1) is 0 Å². The molecular weight excluding hydrogens is 424 g/mol. The van der Waals surface area contributed by atoms with Crippen molar-refractivity contribution in [2.24, 2.45) is 0 Å². The Hall–Kier alpha value is -3.15. The van der Waals surface area contributed by atoms with E-state index in [4.69, 9.17) is 14.2 Å². The molecule has 1 unspecified atom stereocenters. The van der Waals surface area contributed by atoms with Gasteiger partial charge in [0.2, 0.25) is 6.29 Å². The van der Waals surface area contributed by atoms with Gasteiger partial charge in [-0.3, -0.25) is 4.79 Å². The molecule has 10 heteroatoms. The van der Waals surface area contributed by atoms with E-state index in [9.17, 15) is 35.4 Å². The van der Waals surface area contributed by atoms with E-state index in [0.717, 1.165) is 6.07 Å². The largest absolute Gasteiger partial charge is 0.508 e. The molecule has 172 valence electrons. The summed E-state index contributed by atoms with van der Waals surface area (Å²) in [5.74, 6) is -1.02. The minimum Gasteiger partial charge on any atom is -0.508 e. The zero-order chi connectivity index (χ0) is 23.4. The minimum atomic E-state index is -1.64. The standard InChI is InChI=1S/C22H24O10/c1-30-16-9-13(31-22-21(29)20(28)19(27)17(10-23)32-22)8-15(26)18(16)14(25)7-4-11-2-5-12(24)6-3-11/h2-9,17,19-24,26-29H,10H2,1H3/b7-4+/t17-,19-,20+,21-,22?/m1/s1. The average Bonchev–Trinajstić information content (AvgIpc) is 2.78. The van der Waals surface area contributed by atoms with E-state index in [1.165, 1.54) is 37.5 Å². The van der Waals surface area contributed by atoms with Crippen molar-refractivity contribution in [3.8, 4) is 23.0 Å². The van der Waals surface area contributed by atoms with E-state index in [-0.39, 0.29) is 22.8 Å². The maximum atomic E-state index is 12.6. The predicted molar refractivity (Wildman–Crippen MR) is 111 cm³/mol. The van der Waals surface area contributed by atoms with Crippen LogP contribution in [0.4, 0.5) is 0 Å². The van der Waals surface area contributed by atoms with E-state index in [1.54, 1.807) is 12.1 Å². The van der Waals surface area contributed by atoms with Gasteiger partial charge in [-0.05, 0) is 23.8 Å². The number of carbonyl (C=O) groups excluding carboxylic acids is 1. The van der Waals surface area contributed by atoms with Crippen molar-refractivity contribution < 1.29 is 49.6 Å². The number of rotatable bonds is 7. The molecule has 5 atom stereocenters. The highest BCUT2D eigenvalue weighted by atomic mass is 16.7. The van der Waals surface area contributed by atoms with Crippen LogP contribution in [0.5, 0.6) is 23.0 Å². The Labute approximate surface area is 183 Å². The molecular formula is C22H24O10. The fraction of sp³-hybridized carbons (Fsp3) is 0.318. The molecule has 10 nitrogen and oxygen atoms in total. The number of methoxy groups -OCH3 is 1. The van der Waals surface area contributed by atoms with Crippen LogP contribution in [0.3, 0.4) is 0 Å². The molecule has 2 aromatic rings. The molecule has 1 heterocycles. The summed E-state index contributed by atoms with van der Waals surface area (Å²) in [6, 6.07) is 8.52. The molecule has 6 N–H and O–H groups in total. The maximum Gasteiger partial charge on any atom is 0.229 e. The maximum absolute atomic E-state index is 12.6. The first kappa shape index (κ1) is 23.5. The van der Waals surface area contributed by atoms with E-state index in [1.807, 2.05) is 0 Å². The fourth-order valence-corrected chi connectivity index (χ4v) is 3.19. The molecule has 3 rings (SSSR count). The van der Waals surface area contributed by atoms with Crippen LogP contribution in [0.25, 0.3) is 6.08 Å². The second kappa shape index (κ2) is 9.98. The lowest BCUT2D eigenvalue weighted by Crippen LogP contribution is -2.60. The number of aromatic hydroxyl groups is 2. The van der Waals surface area contributed by atoms with Crippen LogP contribution < -0.4 is 9.47 Å². The summed E-state index contributed by atoms with van der Waals surface area (Å²) >= 11 is 0. The van der Waals surface area contributed by atoms with Gasteiger partial charge in [-0.2, -0.15) is 0 Å². The summed E-state index contributed by atoms with van der Waals surface area (Å²) in [6.45, 7) is -0.625. The SMILES string of the molecule is COc1cc(OC2O[C@H](CO)[C@@H](O)[C@H](O)[C@H]2O)cc(O)c1C(=O)/C=C/c1ccc(O)cc1. The lowest BCUT2D eigenvalue weighted by Gasteiger charge is -2.39. The molecule has 0 radical (unpaired) electrons. The van der Waals surface area contributed by atoms with Gasteiger partial charge in [0.1, 0.15) is 53.0 Å². The van der Waals surface area contributed by atoms with Crippen molar-refractivity contribution in [3.63, 3.8) is 0 Å². The van der Waals surface area contributed by atoms with Crippen molar-refractivity contribution in [1.82, 2.24) is 0 Å². The van der Waals surface area contributed by atoms with Gasteiger partial charge in [-0.1, -0.05) is 18.2 Å². The van der Waals surface area contributed by atoms with Gasteiger partial charge >= 0.3 is 0 Å². The van der Waals surface area contributed by atoms with Crippen molar-refractivity contribution in [2.75, 3.05) is 13.7 Å². The molecule has 2 aromatic carbocycles. The summed E-state index contributed by atoms with van der Waals surface area (Å²) in [6.07, 6.45) is -4.73. The highest BCUT2D eigenvalue weighted by Gasteiger charge is 2.44. The number of ether oxygens (including phenoxy) is 3. The lowest BCUT2D eigenvalue weighted by atomic mass is 9.99. The van der Waals surface area contributed by atoms with Crippen LogP contribution >= 0.6 is 0 Å². The number of aliphatic hydroxyl groups excluding tert-OH is 4. The quantitative estimate of drug-likeness (QED) is 0.254. The third-order valence-corrected chi connectivity index (χ3v) is 4.94. The normalized spacial score (nSPS) is 25.6. The number of hydrogen-bond acceptors (Lipinski definition) is 10. The zero-order valence-electron chi connectivity index (χ0n) is 17.0. The van der Waals surface area contributed by atoms with Crippen LogP contribution in [0, 0.1) is 0 Å². The van der Waals surface area contributed by atoms with Crippen LogP contribution in [-0.2, 0) is 4.74 Å². The highest BCUT2D eigenvalue weighted by molar-refractivity contribution is 6.10. The number of phenols is 2. The Kier molecular flexibility index (Phi) is 7.33. The first-order valence-electron chi connectivity index (χ1n) is 9.64. The minimum absolute atomic E-state index is 0.0232. The second-order valence-electron chi connectivity index (χ2n) is 7.12. The molecule has 0 amide bonds. The van der Waals surface area contributed by atoms with E-state index >= 15 is 0 Å². The molecule has 1 fully saturated rings. The van der Waals surface area contributed by atoms with Crippen LogP contribution in [0.2, 0.25) is 0 Å². The highest BCUT2D eigenvalue weighted by Crippen LogP contribution is 2.35. The Morgan fingerprint density at radius 1 is 1.06 bits per heavy atom. The topological polar surface area (TPSA) is 166 Å².